The van der Waals surface area contributed by atoms with Gasteiger partial charge in [-0.1, -0.05) is 19.1 Å². The molecule has 0 heterocycles. The van der Waals surface area contributed by atoms with Gasteiger partial charge in [-0.15, -0.1) is 0 Å². The molecule has 0 saturated heterocycles. The highest BCUT2D eigenvalue weighted by Crippen LogP contribution is 2.28. The van der Waals surface area contributed by atoms with E-state index in [-0.39, 0.29) is 12.5 Å². The number of amides is 1. The Labute approximate surface area is 158 Å². The standard InChI is InChI=1S/C20H23NO6/c1-4-11-26-16-8-6-5-7-15(16)21-19(22)13-27-17-10-9-14(20(23)25-3)12-18(17)24-2/h5-10,12H,4,11,13H2,1-3H3,(H,21,22). The zero-order chi connectivity index (χ0) is 19.6. The number of nitrogens with one attached hydrogen (secondary N) is 1. The molecule has 7 heteroatoms. The highest BCUT2D eigenvalue weighted by Gasteiger charge is 2.13. The van der Waals surface area contributed by atoms with E-state index >= 15 is 0 Å². The predicted molar refractivity (Wildman–Crippen MR) is 101 cm³/mol. The van der Waals surface area contributed by atoms with Crippen molar-refractivity contribution in [1.29, 1.82) is 0 Å². The lowest BCUT2D eigenvalue weighted by molar-refractivity contribution is -0.118. The summed E-state index contributed by atoms with van der Waals surface area (Å²) in [5.41, 5.74) is 0.903. The lowest BCUT2D eigenvalue weighted by Crippen LogP contribution is -2.21. The first kappa shape index (κ1) is 20.1. The zero-order valence-electron chi connectivity index (χ0n) is 15.6. The van der Waals surface area contributed by atoms with Crippen LogP contribution in [0, 0.1) is 0 Å². The number of methoxy groups -OCH3 is 2. The molecule has 1 N–H and O–H groups in total. The molecule has 144 valence electrons. The molecule has 0 spiro atoms. The Hall–Kier alpha value is -3.22. The van der Waals surface area contributed by atoms with Crippen LogP contribution in [0.1, 0.15) is 23.7 Å². The molecule has 2 rings (SSSR count). The quantitative estimate of drug-likeness (QED) is 0.679. The Morgan fingerprint density at radius 2 is 1.74 bits per heavy atom. The zero-order valence-corrected chi connectivity index (χ0v) is 15.6. The number of carbonyl (C=O) groups excluding carboxylic acids is 2. The van der Waals surface area contributed by atoms with Crippen LogP contribution in [-0.4, -0.2) is 39.3 Å². The summed E-state index contributed by atoms with van der Waals surface area (Å²) < 4.78 is 21.0. The predicted octanol–water partition coefficient (Wildman–Crippen LogP) is 3.29. The van der Waals surface area contributed by atoms with Crippen molar-refractivity contribution in [2.24, 2.45) is 0 Å². The second kappa shape index (κ2) is 10.1. The Balaban J connectivity index is 2.01. The van der Waals surface area contributed by atoms with Gasteiger partial charge < -0.3 is 24.3 Å². The fourth-order valence-electron chi connectivity index (χ4n) is 2.27. The van der Waals surface area contributed by atoms with Crippen LogP contribution in [0.5, 0.6) is 17.2 Å². The van der Waals surface area contributed by atoms with E-state index in [1.54, 1.807) is 18.2 Å². The Morgan fingerprint density at radius 1 is 0.963 bits per heavy atom. The van der Waals surface area contributed by atoms with Crippen molar-refractivity contribution >= 4 is 17.6 Å². The van der Waals surface area contributed by atoms with Gasteiger partial charge in [0.2, 0.25) is 0 Å². The molecule has 7 nitrogen and oxygen atoms in total. The molecule has 1 amide bonds. The van der Waals surface area contributed by atoms with E-state index in [1.165, 1.54) is 26.4 Å². The molecule has 0 aliphatic heterocycles. The van der Waals surface area contributed by atoms with Gasteiger partial charge >= 0.3 is 5.97 Å². The number of para-hydroxylation sites is 2. The van der Waals surface area contributed by atoms with Crippen molar-refractivity contribution in [1.82, 2.24) is 0 Å². The third kappa shape index (κ3) is 5.64. The van der Waals surface area contributed by atoms with Crippen LogP contribution in [0.4, 0.5) is 5.69 Å². The fraction of sp³-hybridized carbons (Fsp3) is 0.300. The van der Waals surface area contributed by atoms with Gasteiger partial charge in [0.15, 0.2) is 18.1 Å². The van der Waals surface area contributed by atoms with Crippen LogP contribution in [0.2, 0.25) is 0 Å². The normalized spacial score (nSPS) is 10.0. The minimum absolute atomic E-state index is 0.226. The number of esters is 1. The van der Waals surface area contributed by atoms with Gasteiger partial charge in [-0.2, -0.15) is 0 Å². The molecule has 0 bridgehead atoms. The molecule has 0 saturated carbocycles. The van der Waals surface area contributed by atoms with Crippen LogP contribution < -0.4 is 19.5 Å². The smallest absolute Gasteiger partial charge is 0.337 e. The number of anilines is 1. The lowest BCUT2D eigenvalue weighted by Gasteiger charge is -2.14. The highest BCUT2D eigenvalue weighted by molar-refractivity contribution is 5.93. The van der Waals surface area contributed by atoms with Crippen LogP contribution in [-0.2, 0) is 9.53 Å². The number of rotatable bonds is 9. The summed E-state index contributed by atoms with van der Waals surface area (Å²) in [6.07, 6.45) is 0.868. The maximum atomic E-state index is 12.2. The number of benzene rings is 2. The van der Waals surface area contributed by atoms with Gasteiger partial charge in [-0.3, -0.25) is 4.79 Å². The van der Waals surface area contributed by atoms with E-state index in [0.29, 0.717) is 35.1 Å². The Morgan fingerprint density at radius 3 is 2.44 bits per heavy atom. The minimum Gasteiger partial charge on any atom is -0.493 e. The van der Waals surface area contributed by atoms with Crippen molar-refractivity contribution in [3.05, 3.63) is 48.0 Å². The second-order valence-electron chi connectivity index (χ2n) is 5.54. The fourth-order valence-corrected chi connectivity index (χ4v) is 2.27. The number of carbonyl (C=O) groups is 2. The number of hydrogen-bond acceptors (Lipinski definition) is 6. The third-order valence-corrected chi connectivity index (χ3v) is 3.57. The van der Waals surface area contributed by atoms with Gasteiger partial charge in [0.05, 0.1) is 32.1 Å². The first-order valence-electron chi connectivity index (χ1n) is 8.49. The first-order valence-corrected chi connectivity index (χ1v) is 8.49. The van der Waals surface area contributed by atoms with E-state index in [4.69, 9.17) is 14.2 Å². The molecule has 2 aromatic carbocycles. The van der Waals surface area contributed by atoms with E-state index in [9.17, 15) is 9.59 Å². The second-order valence-corrected chi connectivity index (χ2v) is 5.54. The van der Waals surface area contributed by atoms with E-state index < -0.39 is 5.97 Å². The van der Waals surface area contributed by atoms with Crippen LogP contribution in [0.25, 0.3) is 0 Å². The van der Waals surface area contributed by atoms with Gasteiger partial charge in [0, 0.05) is 0 Å². The van der Waals surface area contributed by atoms with Crippen LogP contribution >= 0.6 is 0 Å². The van der Waals surface area contributed by atoms with Crippen molar-refractivity contribution < 1.29 is 28.5 Å². The monoisotopic (exact) mass is 373 g/mol. The van der Waals surface area contributed by atoms with Crippen molar-refractivity contribution in [3.63, 3.8) is 0 Å². The topological polar surface area (TPSA) is 83.1 Å². The van der Waals surface area contributed by atoms with Crippen LogP contribution in [0.3, 0.4) is 0 Å². The average molecular weight is 373 g/mol. The summed E-state index contributed by atoms with van der Waals surface area (Å²) in [5, 5.41) is 2.76. The van der Waals surface area contributed by atoms with E-state index in [1.807, 2.05) is 19.1 Å². The molecule has 0 unspecified atom stereocenters. The summed E-state index contributed by atoms with van der Waals surface area (Å²) in [6, 6.07) is 11.8. The summed E-state index contributed by atoms with van der Waals surface area (Å²) in [4.78, 5) is 23.8. The molecule has 2 aromatic rings. The van der Waals surface area contributed by atoms with Crippen molar-refractivity contribution in [3.8, 4) is 17.2 Å². The molecular formula is C20H23NO6. The van der Waals surface area contributed by atoms with Crippen molar-refractivity contribution in [2.45, 2.75) is 13.3 Å². The maximum Gasteiger partial charge on any atom is 0.337 e. The largest absolute Gasteiger partial charge is 0.493 e. The number of ether oxygens (including phenoxy) is 4. The summed E-state index contributed by atoms with van der Waals surface area (Å²) in [7, 11) is 2.75. The molecule has 0 fully saturated rings. The van der Waals surface area contributed by atoms with E-state index in [0.717, 1.165) is 6.42 Å². The first-order chi connectivity index (χ1) is 13.1. The minimum atomic E-state index is -0.485. The van der Waals surface area contributed by atoms with E-state index in [2.05, 4.69) is 10.1 Å². The third-order valence-electron chi connectivity index (χ3n) is 3.57. The molecule has 0 aromatic heterocycles. The lowest BCUT2D eigenvalue weighted by atomic mass is 10.2. The van der Waals surface area contributed by atoms with Crippen LogP contribution in [0.15, 0.2) is 42.5 Å². The van der Waals surface area contributed by atoms with Gasteiger partial charge in [-0.05, 0) is 36.8 Å². The average Bonchev–Trinajstić information content (AvgIpc) is 2.70. The summed E-state index contributed by atoms with van der Waals surface area (Å²) in [5.74, 6) is 0.448. The molecule has 0 radical (unpaired) electrons. The summed E-state index contributed by atoms with van der Waals surface area (Å²) in [6.45, 7) is 2.34. The molecule has 0 aliphatic carbocycles. The molecule has 27 heavy (non-hydrogen) atoms. The molecule has 0 aliphatic rings. The highest BCUT2D eigenvalue weighted by atomic mass is 16.5. The number of hydrogen-bond donors (Lipinski definition) is 1. The molecule has 0 atom stereocenters. The Bertz CT molecular complexity index is 790. The summed E-state index contributed by atoms with van der Waals surface area (Å²) >= 11 is 0. The van der Waals surface area contributed by atoms with Gasteiger partial charge in [0.1, 0.15) is 5.75 Å². The van der Waals surface area contributed by atoms with Gasteiger partial charge in [-0.25, -0.2) is 4.79 Å². The maximum absolute atomic E-state index is 12.2. The Kier molecular flexibility index (Phi) is 7.49. The van der Waals surface area contributed by atoms with Crippen molar-refractivity contribution in [2.75, 3.05) is 32.8 Å². The molecular weight excluding hydrogens is 350 g/mol. The van der Waals surface area contributed by atoms with Gasteiger partial charge in [0.25, 0.3) is 5.91 Å². The SMILES string of the molecule is CCCOc1ccccc1NC(=O)COc1ccc(C(=O)OC)cc1OC.